The van der Waals surface area contributed by atoms with Crippen molar-refractivity contribution in [3.63, 3.8) is 0 Å². The number of benzene rings is 1. The molecule has 3 aliphatic rings. The number of carbonyl (C=O) groups is 1. The second-order valence-corrected chi connectivity index (χ2v) is 9.53. The number of hydrogen-bond donors (Lipinski definition) is 2. The highest BCUT2D eigenvalue weighted by molar-refractivity contribution is 5.74. The predicted molar refractivity (Wildman–Crippen MR) is 125 cm³/mol. The standard InChI is InChI=1S/C26H34N4O2/c31-18-24-25(20-11-9-19(10-12-20)21-6-5-13-27-16-21)23-17-29(14-3-4-15-30(23)24)26(32)28-22-7-1-2-8-22/h5-6,9-13,16,22-25,31H,1-4,7-8,14-15,17-18H2,(H,28,32)/t23-,24-,25+/m1/s1. The van der Waals surface area contributed by atoms with Crippen LogP contribution in [0.15, 0.2) is 48.8 Å². The first-order chi connectivity index (χ1) is 15.7. The lowest BCUT2D eigenvalue weighted by atomic mass is 9.74. The van der Waals surface area contributed by atoms with Gasteiger partial charge in [-0.15, -0.1) is 0 Å². The number of carbonyl (C=O) groups excluding carboxylic acids is 1. The lowest BCUT2D eigenvalue weighted by molar-refractivity contribution is -0.0591. The zero-order valence-corrected chi connectivity index (χ0v) is 18.7. The van der Waals surface area contributed by atoms with Crippen molar-refractivity contribution in [2.24, 2.45) is 0 Å². The predicted octanol–water partition coefficient (Wildman–Crippen LogP) is 3.63. The number of aliphatic hydroxyl groups is 1. The molecule has 0 unspecified atom stereocenters. The first-order valence-electron chi connectivity index (χ1n) is 12.2. The molecule has 0 radical (unpaired) electrons. The largest absolute Gasteiger partial charge is 0.395 e. The fraction of sp³-hybridized carbons (Fsp3) is 0.538. The van der Waals surface area contributed by atoms with Crippen LogP contribution < -0.4 is 5.32 Å². The second kappa shape index (κ2) is 9.59. The highest BCUT2D eigenvalue weighted by Gasteiger charge is 2.49. The van der Waals surface area contributed by atoms with Crippen LogP contribution in [-0.2, 0) is 0 Å². The van der Waals surface area contributed by atoms with Crippen molar-refractivity contribution in [2.45, 2.75) is 62.6 Å². The molecule has 6 heteroatoms. The molecule has 0 spiro atoms. The van der Waals surface area contributed by atoms with E-state index in [1.807, 2.05) is 17.2 Å². The number of nitrogens with zero attached hydrogens (tertiary/aromatic N) is 3. The van der Waals surface area contributed by atoms with Gasteiger partial charge < -0.3 is 15.3 Å². The molecule has 6 nitrogen and oxygen atoms in total. The fourth-order valence-corrected chi connectivity index (χ4v) is 5.89. The molecule has 0 bridgehead atoms. The van der Waals surface area contributed by atoms with E-state index in [2.05, 4.69) is 45.5 Å². The maximum atomic E-state index is 13.0. The average Bonchev–Trinajstić information content (AvgIpc) is 3.32. The van der Waals surface area contributed by atoms with Crippen molar-refractivity contribution < 1.29 is 9.90 Å². The van der Waals surface area contributed by atoms with Gasteiger partial charge >= 0.3 is 6.03 Å². The quantitative estimate of drug-likeness (QED) is 0.771. The van der Waals surface area contributed by atoms with E-state index in [1.165, 1.54) is 18.4 Å². The van der Waals surface area contributed by atoms with Crippen LogP contribution in [0, 0.1) is 0 Å². The van der Waals surface area contributed by atoms with Gasteiger partial charge in [0, 0.05) is 49.5 Å². The number of amides is 2. The molecule has 2 amide bonds. The molecule has 3 heterocycles. The summed E-state index contributed by atoms with van der Waals surface area (Å²) in [6.45, 7) is 2.70. The van der Waals surface area contributed by atoms with E-state index in [0.29, 0.717) is 6.04 Å². The number of rotatable bonds is 4. The number of aromatic nitrogens is 1. The van der Waals surface area contributed by atoms with Crippen molar-refractivity contribution in [1.29, 1.82) is 0 Å². The van der Waals surface area contributed by atoms with Gasteiger partial charge in [-0.3, -0.25) is 9.88 Å². The zero-order valence-electron chi connectivity index (χ0n) is 18.7. The van der Waals surface area contributed by atoms with Gasteiger partial charge in [-0.25, -0.2) is 4.79 Å². The van der Waals surface area contributed by atoms with E-state index in [-0.39, 0.29) is 30.6 Å². The van der Waals surface area contributed by atoms with E-state index in [1.54, 1.807) is 6.20 Å². The van der Waals surface area contributed by atoms with E-state index >= 15 is 0 Å². The molecule has 1 aliphatic carbocycles. The average molecular weight is 435 g/mol. The highest BCUT2D eigenvalue weighted by Crippen LogP contribution is 2.42. The van der Waals surface area contributed by atoms with Crippen molar-refractivity contribution >= 4 is 6.03 Å². The lowest BCUT2D eigenvalue weighted by Crippen LogP contribution is -2.68. The van der Waals surface area contributed by atoms with Gasteiger partial charge in [0.05, 0.1) is 6.61 Å². The highest BCUT2D eigenvalue weighted by atomic mass is 16.3. The SMILES string of the molecule is O=C(NC1CCCC1)N1CCCCN2[C@H](CO)[C@@H](c3ccc(-c4cccnc4)cc3)[C@H]2C1. The van der Waals surface area contributed by atoms with Gasteiger partial charge in [-0.1, -0.05) is 43.2 Å². The van der Waals surface area contributed by atoms with Crippen molar-refractivity contribution in [3.05, 3.63) is 54.4 Å². The zero-order chi connectivity index (χ0) is 21.9. The van der Waals surface area contributed by atoms with Crippen LogP contribution in [0.25, 0.3) is 11.1 Å². The second-order valence-electron chi connectivity index (χ2n) is 9.53. The number of hydrogen-bond acceptors (Lipinski definition) is 4. The molecule has 2 saturated heterocycles. The van der Waals surface area contributed by atoms with Crippen LogP contribution in [-0.4, -0.2) is 70.3 Å². The number of pyridine rings is 1. The Labute approximate surface area is 190 Å². The monoisotopic (exact) mass is 434 g/mol. The summed E-state index contributed by atoms with van der Waals surface area (Å²) in [5.74, 6) is 0.239. The minimum Gasteiger partial charge on any atom is -0.395 e. The molecule has 3 fully saturated rings. The van der Waals surface area contributed by atoms with Gasteiger partial charge in [-0.2, -0.15) is 0 Å². The summed E-state index contributed by atoms with van der Waals surface area (Å²) in [7, 11) is 0. The third-order valence-electron chi connectivity index (χ3n) is 7.63. The number of fused-ring (bicyclic) bond motifs is 1. The van der Waals surface area contributed by atoms with Crippen LogP contribution in [0.4, 0.5) is 4.79 Å². The number of urea groups is 1. The van der Waals surface area contributed by atoms with Crippen LogP contribution in [0.2, 0.25) is 0 Å². The number of nitrogens with one attached hydrogen (secondary N) is 1. The topological polar surface area (TPSA) is 68.7 Å². The van der Waals surface area contributed by atoms with Crippen LogP contribution in [0.1, 0.15) is 50.0 Å². The van der Waals surface area contributed by atoms with E-state index in [9.17, 15) is 9.90 Å². The van der Waals surface area contributed by atoms with Gasteiger partial charge in [0.25, 0.3) is 0 Å². The normalized spacial score (nSPS) is 26.7. The van der Waals surface area contributed by atoms with Crippen molar-refractivity contribution in [2.75, 3.05) is 26.2 Å². The Hall–Kier alpha value is -2.44. The summed E-state index contributed by atoms with van der Waals surface area (Å²) in [6, 6.07) is 13.5. The minimum atomic E-state index is 0.0943. The van der Waals surface area contributed by atoms with Crippen molar-refractivity contribution in [3.8, 4) is 11.1 Å². The summed E-state index contributed by atoms with van der Waals surface area (Å²) in [5, 5.41) is 13.4. The summed E-state index contributed by atoms with van der Waals surface area (Å²) >= 11 is 0. The first kappa shape index (κ1) is 21.4. The summed E-state index contributed by atoms with van der Waals surface area (Å²) in [6.07, 6.45) is 10.4. The molecule has 170 valence electrons. The Morgan fingerprint density at radius 3 is 2.53 bits per heavy atom. The molecule has 2 N–H and O–H groups in total. The van der Waals surface area contributed by atoms with Gasteiger partial charge in [0.1, 0.15) is 0 Å². The van der Waals surface area contributed by atoms with E-state index in [0.717, 1.165) is 56.4 Å². The molecule has 1 saturated carbocycles. The molecule has 1 aromatic heterocycles. The molecule has 3 atom stereocenters. The maximum absolute atomic E-state index is 13.0. The molecular weight excluding hydrogens is 400 g/mol. The van der Waals surface area contributed by atoms with Gasteiger partial charge in [0.2, 0.25) is 0 Å². The van der Waals surface area contributed by atoms with Gasteiger partial charge in [0.15, 0.2) is 0 Å². The molecule has 1 aromatic carbocycles. The first-order valence-corrected chi connectivity index (χ1v) is 12.2. The smallest absolute Gasteiger partial charge is 0.317 e. The number of aliphatic hydroxyl groups excluding tert-OH is 1. The third kappa shape index (κ3) is 4.26. The van der Waals surface area contributed by atoms with Crippen LogP contribution >= 0.6 is 0 Å². The Morgan fingerprint density at radius 1 is 1.03 bits per heavy atom. The van der Waals surface area contributed by atoms with E-state index < -0.39 is 0 Å². The molecule has 2 aliphatic heterocycles. The van der Waals surface area contributed by atoms with Crippen LogP contribution in [0.3, 0.4) is 0 Å². The van der Waals surface area contributed by atoms with E-state index in [4.69, 9.17) is 0 Å². The Balaban J connectivity index is 1.33. The molecular formula is C26H34N4O2. The Bertz CT molecular complexity index is 898. The molecule has 32 heavy (non-hydrogen) atoms. The Kier molecular flexibility index (Phi) is 6.42. The van der Waals surface area contributed by atoms with Crippen LogP contribution in [0.5, 0.6) is 0 Å². The minimum absolute atomic E-state index is 0.0943. The Morgan fingerprint density at radius 2 is 1.81 bits per heavy atom. The summed E-state index contributed by atoms with van der Waals surface area (Å²) in [4.78, 5) is 21.7. The third-order valence-corrected chi connectivity index (χ3v) is 7.63. The lowest BCUT2D eigenvalue weighted by Gasteiger charge is -2.57. The fourth-order valence-electron chi connectivity index (χ4n) is 5.89. The van der Waals surface area contributed by atoms with Crippen molar-refractivity contribution in [1.82, 2.24) is 20.1 Å². The summed E-state index contributed by atoms with van der Waals surface area (Å²) < 4.78 is 0. The molecule has 5 rings (SSSR count). The van der Waals surface area contributed by atoms with Gasteiger partial charge in [-0.05, 0) is 55.0 Å². The maximum Gasteiger partial charge on any atom is 0.317 e. The summed E-state index contributed by atoms with van der Waals surface area (Å²) in [5.41, 5.74) is 3.50. The molecule has 2 aromatic rings.